The highest BCUT2D eigenvalue weighted by Gasteiger charge is 2.29. The molecule has 1 aliphatic heterocycles. The molecule has 6 nitrogen and oxygen atoms in total. The summed E-state index contributed by atoms with van der Waals surface area (Å²) in [5.41, 5.74) is 0.320. The molecule has 132 valence electrons. The van der Waals surface area contributed by atoms with E-state index in [4.69, 9.17) is 14.2 Å². The van der Waals surface area contributed by atoms with Gasteiger partial charge in [0.1, 0.15) is 0 Å². The van der Waals surface area contributed by atoms with Gasteiger partial charge in [0, 0.05) is 12.1 Å². The van der Waals surface area contributed by atoms with Crippen LogP contribution in [0, 0.1) is 0 Å². The van der Waals surface area contributed by atoms with Crippen molar-refractivity contribution in [2.24, 2.45) is 0 Å². The van der Waals surface area contributed by atoms with Gasteiger partial charge in [0.05, 0.1) is 19.8 Å². The number of hydrogen-bond acceptors (Lipinski definition) is 5. The van der Waals surface area contributed by atoms with Gasteiger partial charge in [0.2, 0.25) is 0 Å². The molecular formula is C18H25NO5. The number of nitrogens with zero attached hydrogens (tertiary/aromatic N) is 1. The van der Waals surface area contributed by atoms with E-state index in [1.807, 2.05) is 18.7 Å². The largest absolute Gasteiger partial charge is 0.493 e. The number of benzene rings is 1. The Balaban J connectivity index is 1.98. The SMILES string of the molecule is COc1ccc(C(=O)OCC(=O)N2[C@H](C)CCC[C@H]2C)cc1OC. The van der Waals surface area contributed by atoms with Crippen molar-refractivity contribution in [3.05, 3.63) is 23.8 Å². The Hall–Kier alpha value is -2.24. The maximum atomic E-state index is 12.4. The molecule has 1 heterocycles. The summed E-state index contributed by atoms with van der Waals surface area (Å²) in [7, 11) is 3.02. The normalized spacial score (nSPS) is 20.4. The fourth-order valence-corrected chi connectivity index (χ4v) is 3.16. The molecule has 0 aromatic heterocycles. The van der Waals surface area contributed by atoms with Crippen LogP contribution in [0.25, 0.3) is 0 Å². The highest BCUT2D eigenvalue weighted by Crippen LogP contribution is 2.28. The molecule has 0 aliphatic carbocycles. The first-order valence-corrected chi connectivity index (χ1v) is 8.18. The van der Waals surface area contributed by atoms with Crippen LogP contribution in [-0.2, 0) is 9.53 Å². The first-order valence-electron chi connectivity index (χ1n) is 8.18. The molecule has 1 aromatic carbocycles. The van der Waals surface area contributed by atoms with Gasteiger partial charge < -0.3 is 19.1 Å². The molecule has 0 unspecified atom stereocenters. The maximum Gasteiger partial charge on any atom is 0.338 e. The maximum absolute atomic E-state index is 12.4. The molecule has 0 N–H and O–H groups in total. The number of rotatable bonds is 5. The molecule has 2 atom stereocenters. The lowest BCUT2D eigenvalue weighted by molar-refractivity contribution is -0.140. The number of esters is 1. The quantitative estimate of drug-likeness (QED) is 0.774. The van der Waals surface area contributed by atoms with Crippen molar-refractivity contribution in [1.82, 2.24) is 4.90 Å². The van der Waals surface area contributed by atoms with Gasteiger partial charge in [-0.25, -0.2) is 4.79 Å². The summed E-state index contributed by atoms with van der Waals surface area (Å²) in [5, 5.41) is 0. The Morgan fingerprint density at radius 2 is 1.71 bits per heavy atom. The molecule has 0 spiro atoms. The minimum atomic E-state index is -0.554. The monoisotopic (exact) mass is 335 g/mol. The number of carbonyl (C=O) groups excluding carboxylic acids is 2. The number of ether oxygens (including phenoxy) is 3. The van der Waals surface area contributed by atoms with E-state index in [-0.39, 0.29) is 24.6 Å². The third kappa shape index (κ3) is 3.99. The Morgan fingerprint density at radius 1 is 1.08 bits per heavy atom. The minimum Gasteiger partial charge on any atom is -0.493 e. The van der Waals surface area contributed by atoms with Crippen LogP contribution in [0.4, 0.5) is 0 Å². The summed E-state index contributed by atoms with van der Waals surface area (Å²) in [5.74, 6) is 0.266. The highest BCUT2D eigenvalue weighted by molar-refractivity contribution is 5.92. The van der Waals surface area contributed by atoms with Crippen molar-refractivity contribution < 1.29 is 23.8 Å². The fraction of sp³-hybridized carbons (Fsp3) is 0.556. The van der Waals surface area contributed by atoms with Crippen molar-refractivity contribution >= 4 is 11.9 Å². The van der Waals surface area contributed by atoms with Gasteiger partial charge >= 0.3 is 5.97 Å². The first kappa shape index (κ1) is 18.1. The van der Waals surface area contributed by atoms with E-state index >= 15 is 0 Å². The van der Waals surface area contributed by atoms with Gasteiger partial charge in [-0.1, -0.05) is 0 Å². The second-order valence-electron chi connectivity index (χ2n) is 6.08. The number of likely N-dealkylation sites (tertiary alicyclic amines) is 1. The van der Waals surface area contributed by atoms with Crippen molar-refractivity contribution in [3.63, 3.8) is 0 Å². The molecule has 6 heteroatoms. The van der Waals surface area contributed by atoms with Crippen LogP contribution in [0.2, 0.25) is 0 Å². The molecule has 1 aliphatic rings. The van der Waals surface area contributed by atoms with E-state index < -0.39 is 5.97 Å². The average molecular weight is 335 g/mol. The van der Waals surface area contributed by atoms with Gasteiger partial charge in [-0.2, -0.15) is 0 Å². The Bertz CT molecular complexity index is 591. The first-order chi connectivity index (χ1) is 11.5. The topological polar surface area (TPSA) is 65.1 Å². The molecule has 1 saturated heterocycles. The lowest BCUT2D eigenvalue weighted by Crippen LogP contribution is -2.49. The minimum absolute atomic E-state index is 0.150. The predicted octanol–water partition coefficient (Wildman–Crippen LogP) is 2.65. The number of hydrogen-bond donors (Lipinski definition) is 0. The molecule has 0 saturated carbocycles. The summed E-state index contributed by atoms with van der Waals surface area (Å²) < 4.78 is 15.5. The van der Waals surface area contributed by atoms with E-state index in [1.165, 1.54) is 20.3 Å². The molecule has 0 bridgehead atoms. The van der Waals surface area contributed by atoms with Gasteiger partial charge in [-0.15, -0.1) is 0 Å². The van der Waals surface area contributed by atoms with Gasteiger partial charge in [0.25, 0.3) is 5.91 Å². The fourth-order valence-electron chi connectivity index (χ4n) is 3.16. The van der Waals surface area contributed by atoms with Crippen LogP contribution in [0.3, 0.4) is 0 Å². The van der Waals surface area contributed by atoms with E-state index in [0.717, 1.165) is 19.3 Å². The number of methoxy groups -OCH3 is 2. The Kier molecular flexibility index (Phi) is 6.06. The smallest absolute Gasteiger partial charge is 0.338 e. The van der Waals surface area contributed by atoms with Crippen LogP contribution in [-0.4, -0.2) is 49.7 Å². The zero-order chi connectivity index (χ0) is 17.7. The average Bonchev–Trinajstić information content (AvgIpc) is 2.58. The van der Waals surface area contributed by atoms with Crippen molar-refractivity contribution in [3.8, 4) is 11.5 Å². The second kappa shape index (κ2) is 8.04. The van der Waals surface area contributed by atoms with Crippen LogP contribution in [0.5, 0.6) is 11.5 Å². The van der Waals surface area contributed by atoms with Crippen LogP contribution >= 0.6 is 0 Å². The van der Waals surface area contributed by atoms with E-state index in [1.54, 1.807) is 12.1 Å². The number of amides is 1. The molecule has 24 heavy (non-hydrogen) atoms. The van der Waals surface area contributed by atoms with Crippen molar-refractivity contribution in [1.29, 1.82) is 0 Å². The zero-order valence-corrected chi connectivity index (χ0v) is 14.7. The van der Waals surface area contributed by atoms with E-state index in [0.29, 0.717) is 17.1 Å². The highest BCUT2D eigenvalue weighted by atomic mass is 16.5. The van der Waals surface area contributed by atoms with Gasteiger partial charge in [-0.05, 0) is 51.3 Å². The Morgan fingerprint density at radius 3 is 2.29 bits per heavy atom. The summed E-state index contributed by atoms with van der Waals surface area (Å²) in [6, 6.07) is 5.12. The lowest BCUT2D eigenvalue weighted by Gasteiger charge is -2.38. The van der Waals surface area contributed by atoms with Crippen LogP contribution < -0.4 is 9.47 Å². The molecule has 1 aromatic rings. The summed E-state index contributed by atoms with van der Waals surface area (Å²) >= 11 is 0. The van der Waals surface area contributed by atoms with Crippen LogP contribution in [0.15, 0.2) is 18.2 Å². The predicted molar refractivity (Wildman–Crippen MR) is 89.4 cm³/mol. The number of piperidine rings is 1. The molecule has 2 rings (SSSR count). The molecule has 1 amide bonds. The summed E-state index contributed by atoms with van der Waals surface area (Å²) in [4.78, 5) is 26.4. The summed E-state index contributed by atoms with van der Waals surface area (Å²) in [6.07, 6.45) is 3.09. The Labute approximate surface area is 142 Å². The van der Waals surface area contributed by atoms with E-state index in [2.05, 4.69) is 0 Å². The third-order valence-electron chi connectivity index (χ3n) is 4.43. The lowest BCUT2D eigenvalue weighted by atomic mass is 9.97. The van der Waals surface area contributed by atoms with Crippen molar-refractivity contribution in [2.75, 3.05) is 20.8 Å². The summed E-state index contributed by atoms with van der Waals surface area (Å²) in [6.45, 7) is 3.81. The van der Waals surface area contributed by atoms with Crippen molar-refractivity contribution in [2.45, 2.75) is 45.2 Å². The number of carbonyl (C=O) groups is 2. The second-order valence-corrected chi connectivity index (χ2v) is 6.08. The zero-order valence-electron chi connectivity index (χ0n) is 14.7. The van der Waals surface area contributed by atoms with Crippen LogP contribution in [0.1, 0.15) is 43.5 Å². The van der Waals surface area contributed by atoms with Gasteiger partial charge in [0.15, 0.2) is 18.1 Å². The molecule has 1 fully saturated rings. The molecular weight excluding hydrogens is 310 g/mol. The standard InChI is InChI=1S/C18H25NO5/c1-12-6-5-7-13(2)19(12)17(20)11-24-18(21)14-8-9-15(22-3)16(10-14)23-4/h8-10,12-13H,5-7,11H2,1-4H3/t12-,13-/m1/s1. The van der Waals surface area contributed by atoms with Gasteiger partial charge in [-0.3, -0.25) is 4.79 Å². The third-order valence-corrected chi connectivity index (χ3v) is 4.43. The molecule has 0 radical (unpaired) electrons. The van der Waals surface area contributed by atoms with E-state index in [9.17, 15) is 9.59 Å².